The summed E-state index contributed by atoms with van der Waals surface area (Å²) in [6.07, 6.45) is 0. The Hall–Kier alpha value is -2.14. The zero-order valence-electron chi connectivity index (χ0n) is 13.9. The topological polar surface area (TPSA) is 113 Å². The molecule has 0 saturated carbocycles. The summed E-state index contributed by atoms with van der Waals surface area (Å²) in [7, 11) is -7.87. The van der Waals surface area contributed by atoms with Gasteiger partial charge in [0, 0.05) is 18.1 Å². The molecule has 144 valence electrons. The Morgan fingerprint density at radius 1 is 1.00 bits per heavy atom. The number of piperazine rings is 1. The number of halogens is 1. The Balaban J connectivity index is 1.88. The number of hydrogen-bond donors (Lipinski definition) is 2. The average Bonchev–Trinajstić information content (AvgIpc) is 2.61. The Labute approximate surface area is 162 Å². The fraction of sp³-hybridized carbons (Fsp3) is 0.188. The van der Waals surface area contributed by atoms with Crippen molar-refractivity contribution in [3.05, 3.63) is 53.6 Å². The second-order valence-corrected chi connectivity index (χ2v) is 9.84. The highest BCUT2D eigenvalue weighted by Crippen LogP contribution is 2.23. The Kier molecular flexibility index (Phi) is 5.43. The molecule has 1 aliphatic heterocycles. The van der Waals surface area contributed by atoms with Gasteiger partial charge in [0.15, 0.2) is 0 Å². The van der Waals surface area contributed by atoms with Crippen LogP contribution in [0.5, 0.6) is 0 Å². The Bertz CT molecular complexity index is 1090. The maximum Gasteiger partial charge on any atom is 0.261 e. The van der Waals surface area contributed by atoms with Crippen molar-refractivity contribution in [3.8, 4) is 0 Å². The third-order valence-corrected chi connectivity index (χ3v) is 7.29. The van der Waals surface area contributed by atoms with E-state index in [0.29, 0.717) is 0 Å². The predicted molar refractivity (Wildman–Crippen MR) is 100 cm³/mol. The first-order valence-corrected chi connectivity index (χ1v) is 11.1. The van der Waals surface area contributed by atoms with Crippen molar-refractivity contribution in [2.75, 3.05) is 24.4 Å². The highest BCUT2D eigenvalue weighted by Gasteiger charge is 2.29. The standard InChI is InChI=1S/C16H16ClN3O5S2/c17-12-3-1-5-14(9-12)26(22,23)19-13-4-2-6-15(10-13)27(24,25)20-8-7-18-16(21)11-20/h1-6,9-10,19H,7-8,11H2,(H,18,21). The smallest absolute Gasteiger partial charge is 0.261 e. The number of benzene rings is 2. The molecule has 1 aliphatic rings. The van der Waals surface area contributed by atoms with Crippen molar-refractivity contribution in [2.45, 2.75) is 9.79 Å². The van der Waals surface area contributed by atoms with E-state index in [4.69, 9.17) is 11.6 Å². The van der Waals surface area contributed by atoms with Gasteiger partial charge in [0.25, 0.3) is 10.0 Å². The fourth-order valence-corrected chi connectivity index (χ4v) is 5.33. The van der Waals surface area contributed by atoms with Crippen LogP contribution in [0.3, 0.4) is 0 Å². The molecule has 0 aliphatic carbocycles. The van der Waals surface area contributed by atoms with Gasteiger partial charge in [-0.3, -0.25) is 9.52 Å². The molecule has 27 heavy (non-hydrogen) atoms. The van der Waals surface area contributed by atoms with E-state index < -0.39 is 20.0 Å². The molecule has 2 aromatic carbocycles. The first-order chi connectivity index (χ1) is 12.7. The van der Waals surface area contributed by atoms with Crippen molar-refractivity contribution in [3.63, 3.8) is 0 Å². The van der Waals surface area contributed by atoms with Crippen LogP contribution in [0.4, 0.5) is 5.69 Å². The minimum atomic E-state index is -3.94. The summed E-state index contributed by atoms with van der Waals surface area (Å²) < 4.78 is 53.8. The Morgan fingerprint density at radius 2 is 1.70 bits per heavy atom. The molecule has 1 saturated heterocycles. The summed E-state index contributed by atoms with van der Waals surface area (Å²) in [6.45, 7) is 0.0898. The molecule has 1 amide bonds. The number of carbonyl (C=O) groups excluding carboxylic acids is 1. The van der Waals surface area contributed by atoms with Crippen LogP contribution in [0.15, 0.2) is 58.3 Å². The molecule has 0 atom stereocenters. The first kappa shape index (κ1) is 19.6. The van der Waals surface area contributed by atoms with Gasteiger partial charge in [-0.2, -0.15) is 4.31 Å². The van der Waals surface area contributed by atoms with Crippen LogP contribution in [-0.4, -0.2) is 46.7 Å². The van der Waals surface area contributed by atoms with Gasteiger partial charge < -0.3 is 5.32 Å². The highest BCUT2D eigenvalue weighted by molar-refractivity contribution is 7.92. The first-order valence-electron chi connectivity index (χ1n) is 7.84. The van der Waals surface area contributed by atoms with E-state index in [1.165, 1.54) is 42.5 Å². The van der Waals surface area contributed by atoms with Gasteiger partial charge in [0.05, 0.1) is 22.0 Å². The van der Waals surface area contributed by atoms with Gasteiger partial charge in [-0.15, -0.1) is 0 Å². The van der Waals surface area contributed by atoms with Crippen LogP contribution < -0.4 is 10.0 Å². The summed E-state index contributed by atoms with van der Waals surface area (Å²) in [6, 6.07) is 11.1. The van der Waals surface area contributed by atoms with Crippen molar-refractivity contribution < 1.29 is 21.6 Å². The molecule has 0 radical (unpaired) electrons. The second kappa shape index (κ2) is 7.47. The lowest BCUT2D eigenvalue weighted by molar-refractivity contribution is -0.122. The summed E-state index contributed by atoms with van der Waals surface area (Å²) in [5.74, 6) is -0.386. The molecule has 1 heterocycles. The number of hydrogen-bond acceptors (Lipinski definition) is 5. The zero-order valence-corrected chi connectivity index (χ0v) is 16.3. The van der Waals surface area contributed by atoms with Crippen molar-refractivity contribution >= 4 is 43.2 Å². The van der Waals surface area contributed by atoms with Gasteiger partial charge in [-0.05, 0) is 36.4 Å². The molecule has 3 rings (SSSR count). The molecule has 0 bridgehead atoms. The molecule has 1 fully saturated rings. The lowest BCUT2D eigenvalue weighted by Gasteiger charge is -2.26. The molecular formula is C16H16ClN3O5S2. The van der Waals surface area contributed by atoms with E-state index in [9.17, 15) is 21.6 Å². The van der Waals surface area contributed by atoms with E-state index in [2.05, 4.69) is 10.0 Å². The summed E-state index contributed by atoms with van der Waals surface area (Å²) in [4.78, 5) is 11.3. The molecule has 8 nitrogen and oxygen atoms in total. The molecule has 0 spiro atoms. The number of sulfonamides is 2. The minimum absolute atomic E-state index is 0.0454. The summed E-state index contributed by atoms with van der Waals surface area (Å²) in [5, 5.41) is 2.81. The average molecular weight is 430 g/mol. The third kappa shape index (κ3) is 4.41. The lowest BCUT2D eigenvalue weighted by atomic mass is 10.3. The number of anilines is 1. The molecular weight excluding hydrogens is 414 g/mol. The predicted octanol–water partition coefficient (Wildman–Crippen LogP) is 1.26. The zero-order chi connectivity index (χ0) is 19.7. The molecule has 11 heteroatoms. The largest absolute Gasteiger partial charge is 0.354 e. The number of rotatable bonds is 5. The fourth-order valence-electron chi connectivity index (χ4n) is 2.54. The summed E-state index contributed by atoms with van der Waals surface area (Å²) >= 11 is 5.83. The normalized spacial score (nSPS) is 16.0. The van der Waals surface area contributed by atoms with Gasteiger partial charge in [0.1, 0.15) is 0 Å². The lowest BCUT2D eigenvalue weighted by Crippen LogP contribution is -2.49. The Morgan fingerprint density at radius 3 is 2.41 bits per heavy atom. The monoisotopic (exact) mass is 429 g/mol. The van der Waals surface area contributed by atoms with E-state index in [1.54, 1.807) is 6.07 Å². The van der Waals surface area contributed by atoms with E-state index in [1.807, 2.05) is 0 Å². The molecule has 2 N–H and O–H groups in total. The molecule has 0 aromatic heterocycles. The second-order valence-electron chi connectivity index (χ2n) is 5.78. The van der Waals surface area contributed by atoms with Gasteiger partial charge in [-0.25, -0.2) is 16.8 Å². The van der Waals surface area contributed by atoms with Crippen LogP contribution in [-0.2, 0) is 24.8 Å². The van der Waals surface area contributed by atoms with Crippen LogP contribution in [0.1, 0.15) is 0 Å². The third-order valence-electron chi connectivity index (χ3n) is 3.83. The molecule has 0 unspecified atom stereocenters. The van der Waals surface area contributed by atoms with Gasteiger partial charge >= 0.3 is 0 Å². The number of nitrogens with zero attached hydrogens (tertiary/aromatic N) is 1. The SMILES string of the molecule is O=C1CN(S(=O)(=O)c2cccc(NS(=O)(=O)c3cccc(Cl)c3)c2)CCN1. The highest BCUT2D eigenvalue weighted by atomic mass is 35.5. The van der Waals surface area contributed by atoms with E-state index in [0.717, 1.165) is 4.31 Å². The van der Waals surface area contributed by atoms with Crippen LogP contribution in [0.25, 0.3) is 0 Å². The molecule has 2 aromatic rings. The summed E-state index contributed by atoms with van der Waals surface area (Å²) in [5.41, 5.74) is 0.0810. The maximum absolute atomic E-state index is 12.7. The van der Waals surface area contributed by atoms with E-state index in [-0.39, 0.29) is 46.0 Å². The maximum atomic E-state index is 12.7. The van der Waals surface area contributed by atoms with Gasteiger partial charge in [-0.1, -0.05) is 23.7 Å². The number of amides is 1. The quantitative estimate of drug-likeness (QED) is 0.743. The number of nitrogens with one attached hydrogen (secondary N) is 2. The van der Waals surface area contributed by atoms with Crippen LogP contribution >= 0.6 is 11.6 Å². The van der Waals surface area contributed by atoms with Crippen LogP contribution in [0, 0.1) is 0 Å². The van der Waals surface area contributed by atoms with Crippen molar-refractivity contribution in [1.82, 2.24) is 9.62 Å². The van der Waals surface area contributed by atoms with Crippen molar-refractivity contribution in [1.29, 1.82) is 0 Å². The van der Waals surface area contributed by atoms with Crippen LogP contribution in [0.2, 0.25) is 5.02 Å². The number of carbonyl (C=O) groups is 1. The van der Waals surface area contributed by atoms with Crippen molar-refractivity contribution in [2.24, 2.45) is 0 Å². The van der Waals surface area contributed by atoms with Gasteiger partial charge in [0.2, 0.25) is 15.9 Å². The minimum Gasteiger partial charge on any atom is -0.354 e. The van der Waals surface area contributed by atoms with E-state index >= 15 is 0 Å².